The van der Waals surface area contributed by atoms with Crippen molar-refractivity contribution in [1.82, 2.24) is 10.6 Å². The molecule has 0 aromatic carbocycles. The van der Waals surface area contributed by atoms with Gasteiger partial charge in [0.05, 0.1) is 11.6 Å². The first kappa shape index (κ1) is 12.5. The van der Waals surface area contributed by atoms with Crippen molar-refractivity contribution in [1.29, 1.82) is 0 Å². The van der Waals surface area contributed by atoms with Crippen LogP contribution >= 0.6 is 0 Å². The van der Waals surface area contributed by atoms with E-state index in [1.165, 1.54) is 0 Å². The Kier molecular flexibility index (Phi) is 4.11. The lowest BCUT2D eigenvalue weighted by atomic mass is 9.82. The topological polar surface area (TPSA) is 61.4 Å². The maximum atomic E-state index is 11.7. The van der Waals surface area contributed by atoms with E-state index in [-0.39, 0.29) is 12.0 Å². The van der Waals surface area contributed by atoms with Gasteiger partial charge in [-0.3, -0.25) is 4.79 Å². The highest BCUT2D eigenvalue weighted by Crippen LogP contribution is 2.26. The monoisotopic (exact) mass is 214 g/mol. The zero-order valence-electron chi connectivity index (χ0n) is 9.84. The van der Waals surface area contributed by atoms with E-state index < -0.39 is 5.54 Å². The van der Waals surface area contributed by atoms with Crippen molar-refractivity contribution in [3.05, 3.63) is 0 Å². The van der Waals surface area contributed by atoms with E-state index in [1.807, 2.05) is 20.8 Å². The second kappa shape index (κ2) is 4.94. The van der Waals surface area contributed by atoms with Crippen LogP contribution in [0.25, 0.3) is 0 Å². The summed E-state index contributed by atoms with van der Waals surface area (Å²) in [6.45, 7) is 7.20. The molecule has 3 N–H and O–H groups in total. The summed E-state index contributed by atoms with van der Waals surface area (Å²) in [4.78, 5) is 11.7. The second-order valence-electron chi connectivity index (χ2n) is 4.86. The molecule has 88 valence electrons. The van der Waals surface area contributed by atoms with Crippen molar-refractivity contribution >= 4 is 5.91 Å². The average molecular weight is 214 g/mol. The minimum atomic E-state index is -0.503. The Labute approximate surface area is 91.4 Å². The fourth-order valence-corrected chi connectivity index (χ4v) is 1.85. The van der Waals surface area contributed by atoms with Gasteiger partial charge in [0.15, 0.2) is 0 Å². The SMILES string of the molecule is CCNC(C)(C)C(=O)NCC1CC(O)C1. The van der Waals surface area contributed by atoms with Crippen LogP contribution in [-0.2, 0) is 4.79 Å². The molecule has 1 amide bonds. The van der Waals surface area contributed by atoms with Crippen LogP contribution in [0, 0.1) is 5.92 Å². The molecular weight excluding hydrogens is 192 g/mol. The first-order valence-corrected chi connectivity index (χ1v) is 5.67. The van der Waals surface area contributed by atoms with Crippen molar-refractivity contribution in [2.75, 3.05) is 13.1 Å². The highest BCUT2D eigenvalue weighted by atomic mass is 16.3. The Morgan fingerprint density at radius 1 is 1.47 bits per heavy atom. The number of nitrogens with one attached hydrogen (secondary N) is 2. The van der Waals surface area contributed by atoms with Crippen LogP contribution in [0.3, 0.4) is 0 Å². The Hall–Kier alpha value is -0.610. The normalized spacial score (nSPS) is 25.9. The van der Waals surface area contributed by atoms with E-state index in [9.17, 15) is 4.79 Å². The molecule has 1 fully saturated rings. The lowest BCUT2D eigenvalue weighted by Crippen LogP contribution is -2.54. The number of carbonyl (C=O) groups excluding carboxylic acids is 1. The lowest BCUT2D eigenvalue weighted by Gasteiger charge is -2.33. The summed E-state index contributed by atoms with van der Waals surface area (Å²) in [5.74, 6) is 0.493. The van der Waals surface area contributed by atoms with Crippen LogP contribution in [0.1, 0.15) is 33.6 Å². The number of rotatable bonds is 5. The molecule has 4 heteroatoms. The van der Waals surface area contributed by atoms with Crippen LogP contribution in [0.2, 0.25) is 0 Å². The van der Waals surface area contributed by atoms with Crippen LogP contribution in [0.4, 0.5) is 0 Å². The first-order chi connectivity index (χ1) is 6.95. The molecule has 0 bridgehead atoms. The Bertz CT molecular complexity index is 223. The van der Waals surface area contributed by atoms with Gasteiger partial charge in [0.25, 0.3) is 0 Å². The average Bonchev–Trinajstić information content (AvgIpc) is 2.09. The third-order valence-electron chi connectivity index (χ3n) is 2.95. The second-order valence-corrected chi connectivity index (χ2v) is 4.86. The maximum absolute atomic E-state index is 11.7. The third kappa shape index (κ3) is 3.47. The summed E-state index contributed by atoms with van der Waals surface area (Å²) in [5.41, 5.74) is -0.503. The minimum Gasteiger partial charge on any atom is -0.393 e. The predicted octanol–water partition coefficient (Wildman–Crippen LogP) is 0.262. The number of likely N-dealkylation sites (N-methyl/N-ethyl adjacent to an activating group) is 1. The van der Waals surface area contributed by atoms with Gasteiger partial charge in [0.1, 0.15) is 0 Å². The number of aliphatic hydroxyl groups is 1. The summed E-state index contributed by atoms with van der Waals surface area (Å²) in [6.07, 6.45) is 1.50. The molecule has 0 aromatic heterocycles. The van der Waals surface area contributed by atoms with Gasteiger partial charge >= 0.3 is 0 Å². The van der Waals surface area contributed by atoms with E-state index in [0.717, 1.165) is 19.4 Å². The van der Waals surface area contributed by atoms with E-state index in [2.05, 4.69) is 10.6 Å². The van der Waals surface area contributed by atoms with Crippen LogP contribution in [0.5, 0.6) is 0 Å². The lowest BCUT2D eigenvalue weighted by molar-refractivity contribution is -0.127. The maximum Gasteiger partial charge on any atom is 0.239 e. The van der Waals surface area contributed by atoms with Gasteiger partial charge < -0.3 is 15.7 Å². The highest BCUT2D eigenvalue weighted by Gasteiger charge is 2.30. The molecule has 1 aliphatic rings. The van der Waals surface area contributed by atoms with E-state index in [1.54, 1.807) is 0 Å². The van der Waals surface area contributed by atoms with Crippen molar-refractivity contribution in [3.8, 4) is 0 Å². The van der Waals surface area contributed by atoms with Gasteiger partial charge in [0, 0.05) is 6.54 Å². The fourth-order valence-electron chi connectivity index (χ4n) is 1.85. The highest BCUT2D eigenvalue weighted by molar-refractivity contribution is 5.85. The number of aliphatic hydroxyl groups excluding tert-OH is 1. The van der Waals surface area contributed by atoms with Gasteiger partial charge in [-0.05, 0) is 39.2 Å². The van der Waals surface area contributed by atoms with E-state index >= 15 is 0 Å². The smallest absolute Gasteiger partial charge is 0.239 e. The zero-order valence-corrected chi connectivity index (χ0v) is 9.84. The number of hydrogen-bond acceptors (Lipinski definition) is 3. The molecule has 0 spiro atoms. The van der Waals surface area contributed by atoms with E-state index in [4.69, 9.17) is 5.11 Å². The van der Waals surface area contributed by atoms with E-state index in [0.29, 0.717) is 12.5 Å². The number of carbonyl (C=O) groups is 1. The summed E-state index contributed by atoms with van der Waals surface area (Å²) in [5, 5.41) is 15.1. The molecule has 0 heterocycles. The van der Waals surface area contributed by atoms with Gasteiger partial charge in [-0.2, -0.15) is 0 Å². The summed E-state index contributed by atoms with van der Waals surface area (Å²) >= 11 is 0. The molecule has 1 rings (SSSR count). The van der Waals surface area contributed by atoms with Gasteiger partial charge in [0.2, 0.25) is 5.91 Å². The summed E-state index contributed by atoms with van der Waals surface area (Å²) in [7, 11) is 0. The van der Waals surface area contributed by atoms with Crippen molar-refractivity contribution in [2.24, 2.45) is 5.92 Å². The molecule has 0 aromatic rings. The zero-order chi connectivity index (χ0) is 11.5. The molecule has 0 radical (unpaired) electrons. The van der Waals surface area contributed by atoms with Crippen molar-refractivity contribution < 1.29 is 9.90 Å². The summed E-state index contributed by atoms with van der Waals surface area (Å²) in [6, 6.07) is 0. The standard InChI is InChI=1S/C11H22N2O2/c1-4-13-11(2,3)10(15)12-7-8-5-9(14)6-8/h8-9,13-14H,4-7H2,1-3H3,(H,12,15). The Morgan fingerprint density at radius 2 is 2.07 bits per heavy atom. The molecule has 0 atom stereocenters. The summed E-state index contributed by atoms with van der Waals surface area (Å²) < 4.78 is 0. The molecule has 4 nitrogen and oxygen atoms in total. The van der Waals surface area contributed by atoms with Gasteiger partial charge in [-0.25, -0.2) is 0 Å². The Balaban J connectivity index is 2.23. The number of hydrogen-bond donors (Lipinski definition) is 3. The molecule has 15 heavy (non-hydrogen) atoms. The minimum absolute atomic E-state index is 0.0331. The van der Waals surface area contributed by atoms with Crippen LogP contribution in [-0.4, -0.2) is 35.7 Å². The van der Waals surface area contributed by atoms with Crippen molar-refractivity contribution in [2.45, 2.75) is 45.3 Å². The molecule has 1 aliphatic carbocycles. The molecular formula is C11H22N2O2. The molecule has 0 aliphatic heterocycles. The Morgan fingerprint density at radius 3 is 2.53 bits per heavy atom. The van der Waals surface area contributed by atoms with Crippen LogP contribution in [0.15, 0.2) is 0 Å². The predicted molar refractivity (Wildman–Crippen MR) is 59.5 cm³/mol. The largest absolute Gasteiger partial charge is 0.393 e. The molecule has 0 saturated heterocycles. The first-order valence-electron chi connectivity index (χ1n) is 5.67. The quantitative estimate of drug-likeness (QED) is 0.615. The van der Waals surface area contributed by atoms with Gasteiger partial charge in [-0.15, -0.1) is 0 Å². The molecule has 0 unspecified atom stereocenters. The number of amides is 1. The van der Waals surface area contributed by atoms with Crippen molar-refractivity contribution in [3.63, 3.8) is 0 Å². The van der Waals surface area contributed by atoms with Crippen LogP contribution < -0.4 is 10.6 Å². The van der Waals surface area contributed by atoms with Gasteiger partial charge in [-0.1, -0.05) is 6.92 Å². The molecule has 1 saturated carbocycles. The third-order valence-corrected chi connectivity index (χ3v) is 2.95. The fraction of sp³-hybridized carbons (Fsp3) is 0.909.